The van der Waals surface area contributed by atoms with Gasteiger partial charge in [0.15, 0.2) is 5.57 Å². The Morgan fingerprint density at radius 2 is 1.80 bits per heavy atom. The molecule has 0 aliphatic carbocycles. The van der Waals surface area contributed by atoms with Crippen molar-refractivity contribution >= 4 is 43.2 Å². The molecule has 7 nitrogen and oxygen atoms in total. The summed E-state index contributed by atoms with van der Waals surface area (Å²) in [5.41, 5.74) is -1.15. The molecular weight excluding hydrogens is 394 g/mol. The third kappa shape index (κ3) is 3.33. The maximum atomic E-state index is 11.0. The van der Waals surface area contributed by atoms with E-state index in [-0.39, 0.29) is 17.1 Å². The maximum Gasteiger partial charge on any atom is 0.294 e. The molecule has 0 saturated heterocycles. The van der Waals surface area contributed by atoms with Gasteiger partial charge in [-0.2, -0.15) is 15.8 Å². The Morgan fingerprint density at radius 3 is 2.25 bits per heavy atom. The minimum absolute atomic E-state index is 0.0160. The highest BCUT2D eigenvalue weighted by molar-refractivity contribution is 9.11. The zero-order chi connectivity index (χ0) is 15.3. The molecule has 0 radical (unpaired) electrons. The predicted octanol–water partition coefficient (Wildman–Crippen LogP) is 3.36. The molecule has 1 aromatic rings. The minimum Gasteiger partial charge on any atom is -0.339 e. The van der Waals surface area contributed by atoms with E-state index in [1.54, 1.807) is 18.2 Å². The first kappa shape index (κ1) is 15.6. The monoisotopic (exact) mass is 395 g/mol. The van der Waals surface area contributed by atoms with Gasteiger partial charge in [0.05, 0.1) is 4.92 Å². The molecule has 98 valence electrons. The number of allylic oxidation sites excluding steroid dienone is 2. The molecule has 0 amide bonds. The number of benzene rings is 1. The quantitative estimate of drug-likeness (QED) is 0.474. The van der Waals surface area contributed by atoms with Crippen LogP contribution in [-0.2, 0) is 0 Å². The number of nitro groups is 1. The second-order valence-electron chi connectivity index (χ2n) is 3.25. The van der Waals surface area contributed by atoms with E-state index in [1.807, 2.05) is 0 Å². The van der Waals surface area contributed by atoms with Gasteiger partial charge in [-0.1, -0.05) is 15.9 Å². The van der Waals surface area contributed by atoms with Crippen molar-refractivity contribution in [2.24, 2.45) is 0 Å². The largest absolute Gasteiger partial charge is 0.339 e. The van der Waals surface area contributed by atoms with Gasteiger partial charge in [0.2, 0.25) is 0 Å². The molecule has 0 saturated carbocycles. The Morgan fingerprint density at radius 1 is 1.20 bits per heavy atom. The molecule has 0 spiro atoms. The Kier molecular flexibility index (Phi) is 5.22. The van der Waals surface area contributed by atoms with E-state index < -0.39 is 10.5 Å². The summed E-state index contributed by atoms with van der Waals surface area (Å²) < 4.78 is 0.770. The summed E-state index contributed by atoms with van der Waals surface area (Å²) in [5.74, 6) is 0. The van der Waals surface area contributed by atoms with E-state index in [2.05, 4.69) is 37.2 Å². The van der Waals surface area contributed by atoms with Crippen LogP contribution in [0, 0.1) is 44.1 Å². The highest BCUT2D eigenvalue weighted by Gasteiger charge is 2.20. The molecule has 0 bridgehead atoms. The first-order chi connectivity index (χ1) is 9.44. The smallest absolute Gasteiger partial charge is 0.294 e. The summed E-state index contributed by atoms with van der Waals surface area (Å²) in [7, 11) is 0. The summed E-state index contributed by atoms with van der Waals surface area (Å²) >= 11 is 6.23. The zero-order valence-electron chi connectivity index (χ0n) is 9.52. The van der Waals surface area contributed by atoms with Crippen molar-refractivity contribution in [2.45, 2.75) is 0 Å². The summed E-state index contributed by atoms with van der Waals surface area (Å²) in [6.07, 6.45) is 0. The van der Waals surface area contributed by atoms with Crippen LogP contribution in [0.5, 0.6) is 0 Å². The molecule has 20 heavy (non-hydrogen) atoms. The molecule has 1 N–H and O–H groups in total. The second-order valence-corrected chi connectivity index (χ2v) is 5.02. The van der Waals surface area contributed by atoms with Gasteiger partial charge in [-0.25, -0.2) is 0 Å². The van der Waals surface area contributed by atoms with Crippen LogP contribution in [0.15, 0.2) is 32.3 Å². The SMILES string of the molecule is N#CC(C#N)=C(C#N)Nc1c(Br)cc(Br)cc1[N+](=O)[O-]. The van der Waals surface area contributed by atoms with Gasteiger partial charge in [0.25, 0.3) is 5.69 Å². The number of nitriles is 3. The third-order valence-corrected chi connectivity index (χ3v) is 3.15. The van der Waals surface area contributed by atoms with Gasteiger partial charge in [0, 0.05) is 15.0 Å². The Labute approximate surface area is 130 Å². The van der Waals surface area contributed by atoms with Gasteiger partial charge in [-0.15, -0.1) is 0 Å². The summed E-state index contributed by atoms with van der Waals surface area (Å²) in [4.78, 5) is 10.4. The second kappa shape index (κ2) is 6.67. The normalized spacial score (nSPS) is 8.75. The van der Waals surface area contributed by atoms with Crippen molar-refractivity contribution in [2.75, 3.05) is 5.32 Å². The van der Waals surface area contributed by atoms with Crippen LogP contribution >= 0.6 is 31.9 Å². The van der Waals surface area contributed by atoms with Crippen LogP contribution in [0.3, 0.4) is 0 Å². The van der Waals surface area contributed by atoms with Crippen LogP contribution < -0.4 is 5.32 Å². The summed E-state index contributed by atoms with van der Waals surface area (Å²) in [6.45, 7) is 0. The molecular formula is C11H3Br2N5O2. The first-order valence-electron chi connectivity index (χ1n) is 4.79. The molecule has 0 aliphatic rings. The van der Waals surface area contributed by atoms with Crippen LogP contribution in [0.1, 0.15) is 0 Å². The number of hydrogen-bond donors (Lipinski definition) is 1. The van der Waals surface area contributed by atoms with Gasteiger partial charge in [0.1, 0.15) is 29.6 Å². The number of anilines is 1. The highest BCUT2D eigenvalue weighted by Crippen LogP contribution is 2.36. The van der Waals surface area contributed by atoms with Crippen molar-refractivity contribution in [3.63, 3.8) is 0 Å². The van der Waals surface area contributed by atoms with E-state index in [0.29, 0.717) is 8.95 Å². The molecule has 1 aromatic carbocycles. The number of nitrogens with one attached hydrogen (secondary N) is 1. The van der Waals surface area contributed by atoms with Crippen molar-refractivity contribution in [3.8, 4) is 18.2 Å². The van der Waals surface area contributed by atoms with Crippen LogP contribution in [0.25, 0.3) is 0 Å². The van der Waals surface area contributed by atoms with Gasteiger partial charge in [-0.05, 0) is 22.0 Å². The van der Waals surface area contributed by atoms with Crippen LogP contribution in [0.4, 0.5) is 11.4 Å². The summed E-state index contributed by atoms with van der Waals surface area (Å²) in [6, 6.07) is 7.48. The Bertz CT molecular complexity index is 721. The van der Waals surface area contributed by atoms with Crippen molar-refractivity contribution < 1.29 is 4.92 Å². The number of hydrogen-bond acceptors (Lipinski definition) is 6. The van der Waals surface area contributed by atoms with Crippen molar-refractivity contribution in [1.82, 2.24) is 0 Å². The van der Waals surface area contributed by atoms with E-state index in [4.69, 9.17) is 15.8 Å². The van der Waals surface area contributed by atoms with E-state index in [1.165, 1.54) is 12.1 Å². The lowest BCUT2D eigenvalue weighted by Gasteiger charge is -2.08. The number of nitrogens with zero attached hydrogens (tertiary/aromatic N) is 4. The highest BCUT2D eigenvalue weighted by atomic mass is 79.9. The molecule has 0 atom stereocenters. The Balaban J connectivity index is 3.48. The molecule has 0 heterocycles. The predicted molar refractivity (Wildman–Crippen MR) is 76.0 cm³/mol. The lowest BCUT2D eigenvalue weighted by Crippen LogP contribution is -2.04. The topological polar surface area (TPSA) is 127 Å². The standard InChI is InChI=1S/C11H3Br2N5O2/c12-7-1-8(13)11(10(2-7)18(19)20)17-9(5-16)6(3-14)4-15/h1-2,17H. The first-order valence-corrected chi connectivity index (χ1v) is 6.38. The molecule has 0 unspecified atom stereocenters. The fourth-order valence-electron chi connectivity index (χ4n) is 1.24. The van der Waals surface area contributed by atoms with E-state index >= 15 is 0 Å². The van der Waals surface area contributed by atoms with Gasteiger partial charge in [-0.3, -0.25) is 10.1 Å². The fraction of sp³-hybridized carbons (Fsp3) is 0. The molecule has 0 fully saturated rings. The lowest BCUT2D eigenvalue weighted by atomic mass is 10.2. The maximum absolute atomic E-state index is 11.0. The minimum atomic E-state index is -0.648. The van der Waals surface area contributed by atoms with Gasteiger partial charge < -0.3 is 5.32 Å². The van der Waals surface area contributed by atoms with Crippen LogP contribution in [0.2, 0.25) is 0 Å². The third-order valence-electron chi connectivity index (χ3n) is 2.07. The van der Waals surface area contributed by atoms with Crippen molar-refractivity contribution in [1.29, 1.82) is 15.8 Å². The van der Waals surface area contributed by atoms with Gasteiger partial charge >= 0.3 is 0 Å². The number of halogens is 2. The average Bonchev–Trinajstić information content (AvgIpc) is 2.40. The summed E-state index contributed by atoms with van der Waals surface area (Å²) in [5, 5.41) is 39.8. The molecule has 0 aromatic heterocycles. The lowest BCUT2D eigenvalue weighted by molar-refractivity contribution is -0.384. The molecule has 9 heteroatoms. The molecule has 0 aliphatic heterocycles. The number of rotatable bonds is 3. The zero-order valence-corrected chi connectivity index (χ0v) is 12.7. The Hall–Kier alpha value is -2.41. The van der Waals surface area contributed by atoms with Crippen molar-refractivity contribution in [3.05, 3.63) is 42.5 Å². The fourth-order valence-corrected chi connectivity index (χ4v) is 2.54. The van der Waals surface area contributed by atoms with E-state index in [0.717, 1.165) is 0 Å². The number of nitro benzene ring substituents is 1. The molecule has 1 rings (SSSR count). The van der Waals surface area contributed by atoms with E-state index in [9.17, 15) is 10.1 Å². The van der Waals surface area contributed by atoms with Crippen LogP contribution in [-0.4, -0.2) is 4.92 Å². The average molecular weight is 397 g/mol.